The summed E-state index contributed by atoms with van der Waals surface area (Å²) < 4.78 is 19.1. The fourth-order valence-corrected chi connectivity index (χ4v) is 1.35. The molecule has 0 saturated heterocycles. The van der Waals surface area contributed by atoms with E-state index in [4.69, 9.17) is 4.74 Å². The minimum Gasteiger partial charge on any atom is -0.487 e. The van der Waals surface area contributed by atoms with E-state index in [1.165, 1.54) is 0 Å². The van der Waals surface area contributed by atoms with Crippen molar-refractivity contribution in [1.29, 1.82) is 0 Å². The summed E-state index contributed by atoms with van der Waals surface area (Å²) in [6.07, 6.45) is 1.93. The first-order valence-electron chi connectivity index (χ1n) is 5.10. The van der Waals surface area contributed by atoms with Crippen molar-refractivity contribution in [3.8, 4) is 5.75 Å². The second kappa shape index (κ2) is 4.99. The van der Waals surface area contributed by atoms with Crippen LogP contribution in [0.5, 0.6) is 5.75 Å². The Balaban J connectivity index is 2.80. The minimum atomic E-state index is -0.237. The number of halogens is 1. The molecule has 0 atom stereocenters. The summed E-state index contributed by atoms with van der Waals surface area (Å²) in [4.78, 5) is 0. The smallest absolute Gasteiger partial charge is 0.167 e. The van der Waals surface area contributed by atoms with Gasteiger partial charge in [0.2, 0.25) is 0 Å². The third kappa shape index (κ3) is 2.47. The molecule has 0 amide bonds. The lowest BCUT2D eigenvalue weighted by Crippen LogP contribution is -2.14. The molecule has 0 aliphatic rings. The first-order chi connectivity index (χ1) is 6.69. The zero-order chi connectivity index (χ0) is 10.6. The molecule has 78 valence electrons. The number of rotatable bonds is 4. The molecule has 0 bridgehead atoms. The highest BCUT2D eigenvalue weighted by molar-refractivity contribution is 5.30. The van der Waals surface area contributed by atoms with Gasteiger partial charge in [-0.25, -0.2) is 4.39 Å². The van der Waals surface area contributed by atoms with Gasteiger partial charge in [-0.05, 0) is 31.4 Å². The Labute approximate surface area is 84.9 Å². The zero-order valence-corrected chi connectivity index (χ0v) is 9.01. The lowest BCUT2D eigenvalue weighted by Gasteiger charge is -2.16. The molecule has 0 saturated carbocycles. The molecular weight excluding hydrogens is 179 g/mol. The average Bonchev–Trinajstić information content (AvgIpc) is 2.20. The molecule has 0 aliphatic heterocycles. The number of benzene rings is 1. The van der Waals surface area contributed by atoms with Crippen molar-refractivity contribution in [2.45, 2.75) is 39.7 Å². The maximum atomic E-state index is 13.5. The van der Waals surface area contributed by atoms with Crippen LogP contribution in [0.3, 0.4) is 0 Å². The maximum absolute atomic E-state index is 13.5. The van der Waals surface area contributed by atoms with Crippen LogP contribution in [0.25, 0.3) is 0 Å². The maximum Gasteiger partial charge on any atom is 0.167 e. The lowest BCUT2D eigenvalue weighted by molar-refractivity contribution is 0.184. The molecule has 1 aromatic rings. The van der Waals surface area contributed by atoms with Crippen LogP contribution in [0.2, 0.25) is 0 Å². The Bertz CT molecular complexity index is 292. The summed E-state index contributed by atoms with van der Waals surface area (Å²) in [6.45, 7) is 5.83. The van der Waals surface area contributed by atoms with Gasteiger partial charge >= 0.3 is 0 Å². The first kappa shape index (κ1) is 11.0. The minimum absolute atomic E-state index is 0.117. The molecule has 14 heavy (non-hydrogen) atoms. The monoisotopic (exact) mass is 196 g/mol. The molecular formula is C12H17FO. The highest BCUT2D eigenvalue weighted by Crippen LogP contribution is 2.22. The molecule has 0 radical (unpaired) electrons. The number of ether oxygens (including phenoxy) is 1. The summed E-state index contributed by atoms with van der Waals surface area (Å²) >= 11 is 0. The van der Waals surface area contributed by atoms with E-state index in [0.29, 0.717) is 11.3 Å². The summed E-state index contributed by atoms with van der Waals surface area (Å²) in [6, 6.07) is 5.24. The largest absolute Gasteiger partial charge is 0.487 e. The lowest BCUT2D eigenvalue weighted by atomic mass is 10.2. The molecule has 1 nitrogen and oxygen atoms in total. The van der Waals surface area contributed by atoms with Crippen molar-refractivity contribution in [3.63, 3.8) is 0 Å². The molecule has 0 spiro atoms. The Hall–Kier alpha value is -1.05. The number of hydrogen-bond acceptors (Lipinski definition) is 1. The summed E-state index contributed by atoms with van der Waals surface area (Å²) in [5.74, 6) is 0.137. The van der Waals surface area contributed by atoms with Crippen molar-refractivity contribution < 1.29 is 9.13 Å². The Morgan fingerprint density at radius 3 is 2.50 bits per heavy atom. The van der Waals surface area contributed by atoms with E-state index >= 15 is 0 Å². The molecule has 2 heteroatoms. The summed E-state index contributed by atoms with van der Waals surface area (Å²) in [5, 5.41) is 0. The van der Waals surface area contributed by atoms with Gasteiger partial charge in [0.25, 0.3) is 0 Å². The summed E-state index contributed by atoms with van der Waals surface area (Å²) in [5.41, 5.74) is 0.633. The van der Waals surface area contributed by atoms with E-state index in [9.17, 15) is 4.39 Å². The number of aryl methyl sites for hydroxylation is 1. The van der Waals surface area contributed by atoms with Crippen LogP contribution in [0.1, 0.15) is 32.3 Å². The molecule has 0 N–H and O–H groups in total. The number of hydrogen-bond donors (Lipinski definition) is 0. The normalized spacial score (nSPS) is 10.6. The van der Waals surface area contributed by atoms with Gasteiger partial charge in [-0.2, -0.15) is 0 Å². The van der Waals surface area contributed by atoms with E-state index in [1.54, 1.807) is 19.1 Å². The fourth-order valence-electron chi connectivity index (χ4n) is 1.35. The van der Waals surface area contributed by atoms with E-state index < -0.39 is 0 Å². The Kier molecular flexibility index (Phi) is 3.93. The topological polar surface area (TPSA) is 9.23 Å². The van der Waals surface area contributed by atoms with Crippen molar-refractivity contribution in [3.05, 3.63) is 29.6 Å². The van der Waals surface area contributed by atoms with Crippen LogP contribution in [-0.4, -0.2) is 6.10 Å². The van der Waals surface area contributed by atoms with Crippen molar-refractivity contribution in [2.75, 3.05) is 0 Å². The summed E-state index contributed by atoms with van der Waals surface area (Å²) in [7, 11) is 0. The van der Waals surface area contributed by atoms with Gasteiger partial charge in [-0.3, -0.25) is 0 Å². The molecule has 0 aliphatic carbocycles. The van der Waals surface area contributed by atoms with Crippen molar-refractivity contribution >= 4 is 0 Å². The highest BCUT2D eigenvalue weighted by atomic mass is 19.1. The molecule has 0 fully saturated rings. The van der Waals surface area contributed by atoms with Crippen LogP contribution in [0.15, 0.2) is 18.2 Å². The van der Waals surface area contributed by atoms with Gasteiger partial charge in [-0.15, -0.1) is 0 Å². The average molecular weight is 196 g/mol. The standard InChI is InChI=1S/C12H17FO/c1-4-10(5-2)14-11-8-6-7-9(3)12(11)13/h6-8,10H,4-5H2,1-3H3. The van der Waals surface area contributed by atoms with Crippen LogP contribution >= 0.6 is 0 Å². The van der Waals surface area contributed by atoms with Crippen LogP contribution in [-0.2, 0) is 0 Å². The molecule has 1 aromatic carbocycles. The third-order valence-corrected chi connectivity index (χ3v) is 2.36. The second-order valence-electron chi connectivity index (χ2n) is 3.44. The first-order valence-corrected chi connectivity index (χ1v) is 5.10. The predicted octanol–water partition coefficient (Wildman–Crippen LogP) is 3.70. The van der Waals surface area contributed by atoms with Gasteiger partial charge in [0, 0.05) is 0 Å². The SMILES string of the molecule is CCC(CC)Oc1cccc(C)c1F. The van der Waals surface area contributed by atoms with Crippen molar-refractivity contribution in [1.82, 2.24) is 0 Å². The Morgan fingerprint density at radius 1 is 1.29 bits per heavy atom. The van der Waals surface area contributed by atoms with E-state index in [-0.39, 0.29) is 11.9 Å². The Morgan fingerprint density at radius 2 is 1.93 bits per heavy atom. The van der Waals surface area contributed by atoms with E-state index in [1.807, 2.05) is 19.9 Å². The van der Waals surface area contributed by atoms with Crippen molar-refractivity contribution in [2.24, 2.45) is 0 Å². The third-order valence-electron chi connectivity index (χ3n) is 2.36. The molecule has 0 heterocycles. The quantitative estimate of drug-likeness (QED) is 0.713. The second-order valence-corrected chi connectivity index (χ2v) is 3.44. The van der Waals surface area contributed by atoms with Gasteiger partial charge in [0.1, 0.15) is 0 Å². The molecule has 0 unspecified atom stereocenters. The predicted molar refractivity (Wildman–Crippen MR) is 56.1 cm³/mol. The highest BCUT2D eigenvalue weighted by Gasteiger charge is 2.10. The molecule has 0 aromatic heterocycles. The van der Waals surface area contributed by atoms with E-state index in [2.05, 4.69) is 0 Å². The van der Waals surface area contributed by atoms with Gasteiger partial charge in [0.05, 0.1) is 6.10 Å². The van der Waals surface area contributed by atoms with Gasteiger partial charge in [0.15, 0.2) is 11.6 Å². The van der Waals surface area contributed by atoms with Gasteiger partial charge < -0.3 is 4.74 Å². The van der Waals surface area contributed by atoms with Crippen LogP contribution in [0.4, 0.5) is 4.39 Å². The molecule has 1 rings (SSSR count). The van der Waals surface area contributed by atoms with Crippen LogP contribution in [0, 0.1) is 12.7 Å². The fraction of sp³-hybridized carbons (Fsp3) is 0.500. The van der Waals surface area contributed by atoms with Gasteiger partial charge in [-0.1, -0.05) is 26.0 Å². The van der Waals surface area contributed by atoms with E-state index in [0.717, 1.165) is 12.8 Å². The zero-order valence-electron chi connectivity index (χ0n) is 9.01. The van der Waals surface area contributed by atoms with Crippen LogP contribution < -0.4 is 4.74 Å².